The van der Waals surface area contributed by atoms with Crippen molar-refractivity contribution in [1.82, 2.24) is 19.7 Å². The Bertz CT molecular complexity index is 1580. The van der Waals surface area contributed by atoms with Crippen LogP contribution in [0.4, 0.5) is 11.6 Å². The number of piperidine rings is 1. The Balaban J connectivity index is 1.53. The van der Waals surface area contributed by atoms with Crippen molar-refractivity contribution in [1.29, 1.82) is 0 Å². The highest BCUT2D eigenvalue weighted by molar-refractivity contribution is 9.10. The van der Waals surface area contributed by atoms with Gasteiger partial charge >= 0.3 is 0 Å². The Labute approximate surface area is 271 Å². The smallest absolute Gasteiger partial charge is 0.260 e. The molecule has 0 bridgehead atoms. The fourth-order valence-corrected chi connectivity index (χ4v) is 6.65. The second-order valence-electron chi connectivity index (χ2n) is 10.9. The van der Waals surface area contributed by atoms with Crippen molar-refractivity contribution in [3.63, 3.8) is 0 Å². The lowest BCUT2D eigenvalue weighted by atomic mass is 9.94. The second kappa shape index (κ2) is 14.1. The van der Waals surface area contributed by atoms with Crippen LogP contribution in [-0.4, -0.2) is 63.5 Å². The predicted molar refractivity (Wildman–Crippen MR) is 177 cm³/mol. The number of ether oxygens (including phenoxy) is 2. The van der Waals surface area contributed by atoms with Crippen molar-refractivity contribution in [2.75, 3.05) is 42.7 Å². The molecule has 3 heterocycles. The number of amides is 2. The molecule has 1 fully saturated rings. The van der Waals surface area contributed by atoms with E-state index in [0.29, 0.717) is 45.0 Å². The largest absolute Gasteiger partial charge is 0.490 e. The summed E-state index contributed by atoms with van der Waals surface area (Å²) >= 11 is 5.21. The number of carbonyl (C=O) groups is 2. The number of hydrogen-bond donors (Lipinski definition) is 2. The average Bonchev–Trinajstić information content (AvgIpc) is 3.40. The Morgan fingerprint density at radius 2 is 1.89 bits per heavy atom. The van der Waals surface area contributed by atoms with Crippen molar-refractivity contribution in [2.45, 2.75) is 65.1 Å². The molecule has 0 saturated carbocycles. The van der Waals surface area contributed by atoms with Crippen molar-refractivity contribution >= 4 is 51.1 Å². The molecule has 1 saturated heterocycles. The molecule has 0 spiro atoms. The third kappa shape index (κ3) is 6.76. The maximum Gasteiger partial charge on any atom is 0.260 e. The topological polar surface area (TPSA) is 111 Å². The first-order chi connectivity index (χ1) is 21.2. The number of thioether (sulfide) groups is 1. The van der Waals surface area contributed by atoms with E-state index in [-0.39, 0.29) is 18.4 Å². The molecule has 3 aromatic rings. The van der Waals surface area contributed by atoms with Crippen LogP contribution < -0.4 is 20.1 Å². The number of allylic oxidation sites excluding steroid dienone is 1. The van der Waals surface area contributed by atoms with E-state index in [9.17, 15) is 9.59 Å². The summed E-state index contributed by atoms with van der Waals surface area (Å²) in [5, 5.41) is 11.8. The first kappa shape index (κ1) is 31.9. The number of likely N-dealkylation sites (tertiary alicyclic amines) is 1. The van der Waals surface area contributed by atoms with Gasteiger partial charge in [-0.3, -0.25) is 9.59 Å². The standard InChI is InChI=1S/C32H39BrN6O4S/c1-6-42-25-17-22(16-23(33)29(25)43-18-26(40)38-14-9-8-10-15-38)28-27(30(41)35-24-13-11-12-19(3)20(24)4)21(5)34-31-36-32(44-7-2)37-39(28)31/h11-13,16-17,28H,6-10,14-15,18H2,1-5H3,(H,35,41)(H,34,36,37). The zero-order chi connectivity index (χ0) is 31.4. The van der Waals surface area contributed by atoms with E-state index in [1.165, 1.54) is 11.8 Å². The van der Waals surface area contributed by atoms with E-state index in [0.717, 1.165) is 60.5 Å². The maximum absolute atomic E-state index is 14.1. The minimum atomic E-state index is -0.616. The van der Waals surface area contributed by atoms with Crippen LogP contribution in [0.15, 0.2) is 51.2 Å². The van der Waals surface area contributed by atoms with Gasteiger partial charge in [-0.1, -0.05) is 30.8 Å². The minimum absolute atomic E-state index is 0.0429. The quantitative estimate of drug-likeness (QED) is 0.234. The summed E-state index contributed by atoms with van der Waals surface area (Å²) in [6, 6.07) is 9.00. The summed E-state index contributed by atoms with van der Waals surface area (Å²) in [6.07, 6.45) is 3.17. The summed E-state index contributed by atoms with van der Waals surface area (Å²) in [7, 11) is 0. The van der Waals surface area contributed by atoms with Crippen LogP contribution in [0.5, 0.6) is 11.5 Å². The molecule has 2 aliphatic rings. The molecular formula is C32H39BrN6O4S. The van der Waals surface area contributed by atoms with Gasteiger partial charge in [-0.25, -0.2) is 4.68 Å². The van der Waals surface area contributed by atoms with Gasteiger partial charge in [0.05, 0.1) is 16.7 Å². The number of anilines is 2. The van der Waals surface area contributed by atoms with Gasteiger partial charge < -0.3 is 25.0 Å². The fraction of sp³-hybridized carbons (Fsp3) is 0.438. The minimum Gasteiger partial charge on any atom is -0.490 e. The second-order valence-corrected chi connectivity index (χ2v) is 12.9. The highest BCUT2D eigenvalue weighted by atomic mass is 79.9. The number of hydrogen-bond acceptors (Lipinski definition) is 8. The lowest BCUT2D eigenvalue weighted by Gasteiger charge is -2.30. The molecule has 234 valence electrons. The van der Waals surface area contributed by atoms with Gasteiger partial charge in [-0.05, 0) is 104 Å². The van der Waals surface area contributed by atoms with E-state index in [2.05, 4.69) is 26.6 Å². The molecule has 1 unspecified atom stereocenters. The Hall–Kier alpha value is -3.51. The van der Waals surface area contributed by atoms with E-state index >= 15 is 0 Å². The van der Waals surface area contributed by atoms with Crippen LogP contribution >= 0.6 is 27.7 Å². The first-order valence-electron chi connectivity index (χ1n) is 15.0. The van der Waals surface area contributed by atoms with Gasteiger partial charge in [-0.2, -0.15) is 4.98 Å². The van der Waals surface area contributed by atoms with E-state index in [1.807, 2.05) is 69.9 Å². The highest BCUT2D eigenvalue weighted by Gasteiger charge is 2.36. The van der Waals surface area contributed by atoms with Gasteiger partial charge in [0.1, 0.15) is 6.04 Å². The van der Waals surface area contributed by atoms with Gasteiger partial charge in [-0.15, -0.1) is 5.10 Å². The van der Waals surface area contributed by atoms with Gasteiger partial charge in [0.15, 0.2) is 18.1 Å². The average molecular weight is 684 g/mol. The highest BCUT2D eigenvalue weighted by Crippen LogP contribution is 2.43. The zero-order valence-electron chi connectivity index (χ0n) is 25.8. The van der Waals surface area contributed by atoms with E-state index in [1.54, 1.807) is 4.68 Å². The van der Waals surface area contributed by atoms with Crippen molar-refractivity contribution in [3.05, 3.63) is 62.8 Å². The Morgan fingerprint density at radius 1 is 1.11 bits per heavy atom. The summed E-state index contributed by atoms with van der Waals surface area (Å²) < 4.78 is 14.5. The van der Waals surface area contributed by atoms with Crippen LogP contribution in [-0.2, 0) is 9.59 Å². The number of rotatable bonds is 10. The molecule has 10 nitrogen and oxygen atoms in total. The maximum atomic E-state index is 14.1. The molecule has 2 aromatic carbocycles. The molecular weight excluding hydrogens is 644 g/mol. The van der Waals surface area contributed by atoms with Crippen molar-refractivity contribution in [3.8, 4) is 11.5 Å². The van der Waals surface area contributed by atoms with E-state index < -0.39 is 6.04 Å². The number of nitrogens with zero attached hydrogens (tertiary/aromatic N) is 4. The third-order valence-electron chi connectivity index (χ3n) is 7.90. The SMILES string of the molecule is CCOc1cc(C2C(C(=O)Nc3cccc(C)c3C)=C(C)Nc3nc(SCC)nn32)cc(Br)c1OCC(=O)N1CCCCC1. The number of nitrogens with one attached hydrogen (secondary N) is 2. The molecule has 5 rings (SSSR count). The summed E-state index contributed by atoms with van der Waals surface area (Å²) in [6.45, 7) is 11.6. The van der Waals surface area contributed by atoms with Gasteiger partial charge in [0, 0.05) is 24.5 Å². The van der Waals surface area contributed by atoms with Crippen LogP contribution in [0.2, 0.25) is 0 Å². The fourth-order valence-electron chi connectivity index (χ4n) is 5.52. The molecule has 2 aliphatic heterocycles. The number of fused-ring (bicyclic) bond motifs is 1. The van der Waals surface area contributed by atoms with Crippen molar-refractivity contribution in [2.24, 2.45) is 0 Å². The molecule has 2 N–H and O–H groups in total. The Kier molecular flexibility index (Phi) is 10.2. The first-order valence-corrected chi connectivity index (χ1v) is 16.8. The number of carbonyl (C=O) groups excluding carboxylic acids is 2. The Morgan fingerprint density at radius 3 is 2.61 bits per heavy atom. The molecule has 0 aliphatic carbocycles. The molecule has 1 aromatic heterocycles. The van der Waals surface area contributed by atoms with Crippen LogP contribution in [0.3, 0.4) is 0 Å². The number of benzene rings is 2. The lowest BCUT2D eigenvalue weighted by Crippen LogP contribution is -2.38. The van der Waals surface area contributed by atoms with Gasteiger partial charge in [0.25, 0.3) is 11.8 Å². The molecule has 2 amide bonds. The third-order valence-corrected chi connectivity index (χ3v) is 9.21. The lowest BCUT2D eigenvalue weighted by molar-refractivity contribution is -0.134. The normalized spacial score (nSPS) is 16.3. The molecule has 0 radical (unpaired) electrons. The zero-order valence-corrected chi connectivity index (χ0v) is 28.2. The summed E-state index contributed by atoms with van der Waals surface area (Å²) in [5.41, 5.74) is 4.77. The predicted octanol–water partition coefficient (Wildman–Crippen LogP) is 6.49. The number of aromatic nitrogens is 3. The van der Waals surface area contributed by atoms with Gasteiger partial charge in [0.2, 0.25) is 11.1 Å². The molecule has 44 heavy (non-hydrogen) atoms. The summed E-state index contributed by atoms with van der Waals surface area (Å²) in [4.78, 5) is 33.5. The van der Waals surface area contributed by atoms with E-state index in [4.69, 9.17) is 19.6 Å². The van der Waals surface area contributed by atoms with Crippen LogP contribution in [0.1, 0.15) is 62.8 Å². The summed E-state index contributed by atoms with van der Waals surface area (Å²) in [5.74, 6) is 1.98. The monoisotopic (exact) mass is 682 g/mol. The number of aryl methyl sites for hydroxylation is 1. The van der Waals surface area contributed by atoms with Crippen molar-refractivity contribution < 1.29 is 19.1 Å². The van der Waals surface area contributed by atoms with Crippen LogP contribution in [0.25, 0.3) is 0 Å². The molecule has 1 atom stereocenters. The number of halogens is 1. The van der Waals surface area contributed by atoms with Crippen LogP contribution in [0, 0.1) is 13.8 Å². The molecule has 12 heteroatoms.